The van der Waals surface area contributed by atoms with Crippen molar-refractivity contribution < 1.29 is 23.2 Å². The van der Waals surface area contributed by atoms with Crippen molar-refractivity contribution in [2.24, 2.45) is 0 Å². The number of benzene rings is 2. The van der Waals surface area contributed by atoms with Gasteiger partial charge in [0.2, 0.25) is 5.70 Å². The van der Waals surface area contributed by atoms with Gasteiger partial charge in [-0.25, -0.2) is 0 Å². The van der Waals surface area contributed by atoms with E-state index in [2.05, 4.69) is 10.1 Å². The van der Waals surface area contributed by atoms with Crippen LogP contribution in [-0.2, 0) is 0 Å². The molecular weight excluding hydrogens is 406 g/mol. The van der Waals surface area contributed by atoms with Crippen LogP contribution in [0.4, 0.5) is 14.5 Å². The molecule has 0 aliphatic heterocycles. The van der Waals surface area contributed by atoms with Crippen molar-refractivity contribution in [3.8, 4) is 5.75 Å². The van der Waals surface area contributed by atoms with Crippen LogP contribution in [0, 0.1) is 13.8 Å². The molecule has 0 atom stereocenters. The summed E-state index contributed by atoms with van der Waals surface area (Å²) >= 11 is 5.56. The maximum Gasteiger partial charge on any atom is 0.387 e. The lowest BCUT2D eigenvalue weighted by molar-refractivity contribution is -0.577. The summed E-state index contributed by atoms with van der Waals surface area (Å²) < 4.78 is 30.7. The molecule has 1 heterocycles. The third kappa shape index (κ3) is 5.18. The predicted molar refractivity (Wildman–Crippen MR) is 115 cm³/mol. The number of pyridine rings is 1. The van der Waals surface area contributed by atoms with Crippen molar-refractivity contribution in [2.75, 3.05) is 5.32 Å². The van der Waals surface area contributed by atoms with Gasteiger partial charge in [-0.2, -0.15) is 13.3 Å². The molecule has 0 fully saturated rings. The van der Waals surface area contributed by atoms with E-state index in [-0.39, 0.29) is 22.2 Å². The molecule has 0 amide bonds. The number of halogens is 2. The van der Waals surface area contributed by atoms with E-state index in [4.69, 9.17) is 12.2 Å². The first-order valence-electron chi connectivity index (χ1n) is 9.17. The minimum atomic E-state index is -2.93. The summed E-state index contributed by atoms with van der Waals surface area (Å²) in [5.74, 6) is -0.373. The van der Waals surface area contributed by atoms with E-state index in [0.29, 0.717) is 5.56 Å². The number of ether oxygens (including phenoxy) is 1. The zero-order valence-electron chi connectivity index (χ0n) is 16.4. The lowest BCUT2D eigenvalue weighted by Crippen LogP contribution is -2.39. The predicted octanol–water partition coefficient (Wildman–Crippen LogP) is 4.32. The van der Waals surface area contributed by atoms with Crippen molar-refractivity contribution in [3.05, 3.63) is 89.7 Å². The van der Waals surface area contributed by atoms with Crippen LogP contribution >= 0.6 is 12.2 Å². The molecule has 0 aliphatic carbocycles. The molecule has 4 nitrogen and oxygen atoms in total. The molecule has 7 heteroatoms. The van der Waals surface area contributed by atoms with Crippen molar-refractivity contribution in [1.82, 2.24) is 0 Å². The van der Waals surface area contributed by atoms with Gasteiger partial charge in [0.25, 0.3) is 0 Å². The van der Waals surface area contributed by atoms with Crippen LogP contribution in [-0.4, -0.2) is 11.6 Å². The first-order valence-corrected chi connectivity index (χ1v) is 9.58. The Kier molecular flexibility index (Phi) is 6.74. The Morgan fingerprint density at radius 3 is 2.27 bits per heavy atom. The fourth-order valence-electron chi connectivity index (χ4n) is 2.82. The average Bonchev–Trinajstić information content (AvgIpc) is 2.72. The summed E-state index contributed by atoms with van der Waals surface area (Å²) in [6.45, 7) is 1.08. The van der Waals surface area contributed by atoms with Crippen molar-refractivity contribution in [1.29, 1.82) is 0 Å². The van der Waals surface area contributed by atoms with E-state index < -0.39 is 6.61 Å². The molecule has 1 N–H and O–H groups in total. The number of aromatic nitrogens is 1. The normalized spacial score (nSPS) is 11.8. The largest absolute Gasteiger partial charge is 0.867 e. The topological polar surface area (TPSA) is 48.2 Å². The standard InChI is InChI=1S/C23H20F2N2O2S/c1-15-6-9-18(14-16(15)2)26-22(30)20(27-12-4-3-5-13-27)21(28)17-7-10-19(11-8-17)29-23(24)25/h3-14,23H,1-2H3,(H-,26,28,30). The maximum atomic E-state index is 13.3. The van der Waals surface area contributed by atoms with Crippen molar-refractivity contribution in [3.63, 3.8) is 0 Å². The van der Waals surface area contributed by atoms with Gasteiger partial charge in [-0.3, -0.25) is 0 Å². The fourth-order valence-corrected chi connectivity index (χ4v) is 3.14. The monoisotopic (exact) mass is 426 g/mol. The number of aryl methyl sites for hydroxylation is 2. The lowest BCUT2D eigenvalue weighted by Gasteiger charge is -2.17. The smallest absolute Gasteiger partial charge is 0.387 e. The Bertz CT molecular complexity index is 1070. The van der Waals surface area contributed by atoms with Gasteiger partial charge in [-0.05, 0) is 60.6 Å². The maximum absolute atomic E-state index is 13.3. The van der Waals surface area contributed by atoms with Gasteiger partial charge in [0.15, 0.2) is 17.4 Å². The Balaban J connectivity index is 1.99. The van der Waals surface area contributed by atoms with Gasteiger partial charge in [0.05, 0.1) is 0 Å². The first-order chi connectivity index (χ1) is 14.3. The number of thiocarbonyl (C=S) groups is 1. The Morgan fingerprint density at radius 1 is 1.00 bits per heavy atom. The second-order valence-corrected chi connectivity index (χ2v) is 7.02. The molecule has 3 rings (SSSR count). The van der Waals surface area contributed by atoms with Crippen molar-refractivity contribution >= 4 is 34.3 Å². The molecule has 0 aliphatic rings. The third-order valence-corrected chi connectivity index (χ3v) is 4.81. The van der Waals surface area contributed by atoms with Gasteiger partial charge >= 0.3 is 6.61 Å². The third-order valence-electron chi connectivity index (χ3n) is 4.51. The summed E-state index contributed by atoms with van der Waals surface area (Å²) in [6, 6.07) is 16.7. The highest BCUT2D eigenvalue weighted by atomic mass is 32.1. The lowest BCUT2D eigenvalue weighted by atomic mass is 10.1. The highest BCUT2D eigenvalue weighted by molar-refractivity contribution is 7.81. The van der Waals surface area contributed by atoms with Gasteiger partial charge < -0.3 is 15.2 Å². The number of anilines is 1. The van der Waals surface area contributed by atoms with E-state index in [9.17, 15) is 13.9 Å². The highest BCUT2D eigenvalue weighted by Gasteiger charge is 2.19. The zero-order chi connectivity index (χ0) is 21.7. The Labute approximate surface area is 179 Å². The molecule has 3 aromatic rings. The molecule has 0 saturated carbocycles. The number of alkyl halides is 2. The molecule has 0 spiro atoms. The zero-order valence-corrected chi connectivity index (χ0v) is 17.2. The van der Waals surface area contributed by atoms with E-state index in [1.807, 2.05) is 38.1 Å². The fraction of sp³-hybridized carbons (Fsp3) is 0.130. The Morgan fingerprint density at radius 2 is 1.67 bits per heavy atom. The number of nitrogens with one attached hydrogen (secondary N) is 1. The SMILES string of the molecule is Cc1ccc(NC(=S)C(=C([O-])c2ccc(OC(F)F)cc2)[n+]2ccccc2)cc1C. The molecule has 154 valence electrons. The van der Waals surface area contributed by atoms with E-state index in [1.165, 1.54) is 24.3 Å². The molecule has 0 saturated heterocycles. The van der Waals surface area contributed by atoms with E-state index in [1.54, 1.807) is 29.1 Å². The van der Waals surface area contributed by atoms with Crippen LogP contribution in [0.25, 0.3) is 11.5 Å². The minimum Gasteiger partial charge on any atom is -0.867 e. The van der Waals surface area contributed by atoms with Crippen LogP contribution in [0.15, 0.2) is 73.1 Å². The molecule has 0 radical (unpaired) electrons. The van der Waals surface area contributed by atoms with Gasteiger partial charge in [0.1, 0.15) is 5.75 Å². The van der Waals surface area contributed by atoms with Crippen LogP contribution in [0.2, 0.25) is 0 Å². The highest BCUT2D eigenvalue weighted by Crippen LogP contribution is 2.21. The summed E-state index contributed by atoms with van der Waals surface area (Å²) in [7, 11) is 0. The van der Waals surface area contributed by atoms with E-state index in [0.717, 1.165) is 16.8 Å². The molecule has 0 unspecified atom stereocenters. The van der Waals surface area contributed by atoms with Gasteiger partial charge in [-0.1, -0.05) is 36.5 Å². The van der Waals surface area contributed by atoms with Crippen LogP contribution in [0.5, 0.6) is 5.75 Å². The summed E-state index contributed by atoms with van der Waals surface area (Å²) in [5.41, 5.74) is 3.55. The number of nitrogens with zero attached hydrogens (tertiary/aromatic N) is 1. The number of hydrogen-bond acceptors (Lipinski definition) is 3. The molecule has 1 aromatic heterocycles. The first kappa shape index (κ1) is 21.4. The number of rotatable bonds is 6. The van der Waals surface area contributed by atoms with Crippen LogP contribution in [0.3, 0.4) is 0 Å². The molecular formula is C23H20F2N2O2S. The van der Waals surface area contributed by atoms with E-state index >= 15 is 0 Å². The molecule has 30 heavy (non-hydrogen) atoms. The van der Waals surface area contributed by atoms with Crippen LogP contribution in [0.1, 0.15) is 16.7 Å². The Hall–Kier alpha value is -3.32. The molecule has 0 bridgehead atoms. The summed E-state index contributed by atoms with van der Waals surface area (Å²) in [5, 5.41) is 16.4. The average molecular weight is 426 g/mol. The molecule has 2 aromatic carbocycles. The summed E-state index contributed by atoms with van der Waals surface area (Å²) in [6.07, 6.45) is 3.44. The van der Waals surface area contributed by atoms with Crippen molar-refractivity contribution in [2.45, 2.75) is 20.5 Å². The second-order valence-electron chi connectivity index (χ2n) is 6.62. The second kappa shape index (κ2) is 9.45. The summed E-state index contributed by atoms with van der Waals surface area (Å²) in [4.78, 5) is 0.243. The number of hydrogen-bond donors (Lipinski definition) is 1. The van der Waals surface area contributed by atoms with Gasteiger partial charge in [-0.15, -0.1) is 0 Å². The minimum absolute atomic E-state index is 0.0219. The quantitative estimate of drug-likeness (QED) is 0.276. The van der Waals surface area contributed by atoms with Crippen LogP contribution < -0.4 is 19.7 Å². The van der Waals surface area contributed by atoms with Gasteiger partial charge in [0, 0.05) is 17.8 Å².